The second-order valence-electron chi connectivity index (χ2n) is 4.70. The minimum Gasteiger partial charge on any atom is -0.478 e. The molecular formula is C13H20ClN3O. The Morgan fingerprint density at radius 3 is 2.72 bits per heavy atom. The molecular weight excluding hydrogens is 250 g/mol. The predicted octanol–water partition coefficient (Wildman–Crippen LogP) is 3.15. The van der Waals surface area contributed by atoms with E-state index in [-0.39, 0.29) is 0 Å². The highest BCUT2D eigenvalue weighted by molar-refractivity contribution is 6.20. The van der Waals surface area contributed by atoms with Gasteiger partial charge in [0.15, 0.2) is 0 Å². The van der Waals surface area contributed by atoms with E-state index in [0.29, 0.717) is 29.9 Å². The zero-order valence-electron chi connectivity index (χ0n) is 10.9. The van der Waals surface area contributed by atoms with E-state index in [1.165, 1.54) is 0 Å². The fourth-order valence-electron chi connectivity index (χ4n) is 2.21. The predicted molar refractivity (Wildman–Crippen MR) is 73.5 cm³/mol. The zero-order valence-corrected chi connectivity index (χ0v) is 11.7. The lowest BCUT2D eigenvalue weighted by molar-refractivity contribution is 0.326. The summed E-state index contributed by atoms with van der Waals surface area (Å²) >= 11 is 6.10. The second-order valence-corrected chi connectivity index (χ2v) is 5.31. The highest BCUT2D eigenvalue weighted by Gasteiger charge is 2.20. The number of hydrogen-bond acceptors (Lipinski definition) is 4. The van der Waals surface area contributed by atoms with E-state index in [0.717, 1.165) is 31.4 Å². The number of alkyl halides is 1. The van der Waals surface area contributed by atoms with Crippen LogP contribution >= 0.6 is 11.6 Å². The molecule has 0 aliphatic heterocycles. The Labute approximate surface area is 113 Å². The van der Waals surface area contributed by atoms with Crippen molar-refractivity contribution in [1.82, 2.24) is 9.97 Å². The SMILES string of the molecule is CCOc1cc(C)nc(NC2CCC(Cl)CC2)n1. The summed E-state index contributed by atoms with van der Waals surface area (Å²) in [6.45, 7) is 4.52. The molecule has 1 aliphatic carbocycles. The van der Waals surface area contributed by atoms with E-state index in [1.54, 1.807) is 0 Å². The van der Waals surface area contributed by atoms with E-state index in [9.17, 15) is 0 Å². The van der Waals surface area contributed by atoms with Gasteiger partial charge in [0.25, 0.3) is 0 Å². The van der Waals surface area contributed by atoms with Gasteiger partial charge in [0.2, 0.25) is 11.8 Å². The molecule has 0 unspecified atom stereocenters. The number of rotatable bonds is 4. The van der Waals surface area contributed by atoms with Crippen LogP contribution in [0.1, 0.15) is 38.3 Å². The van der Waals surface area contributed by atoms with Crippen LogP contribution in [0.25, 0.3) is 0 Å². The largest absolute Gasteiger partial charge is 0.478 e. The maximum Gasteiger partial charge on any atom is 0.226 e. The van der Waals surface area contributed by atoms with Gasteiger partial charge < -0.3 is 10.1 Å². The number of nitrogens with one attached hydrogen (secondary N) is 1. The molecule has 1 fully saturated rings. The number of aryl methyl sites for hydroxylation is 1. The van der Waals surface area contributed by atoms with Crippen LogP contribution in [0.5, 0.6) is 5.88 Å². The van der Waals surface area contributed by atoms with Crippen LogP contribution in [0, 0.1) is 6.92 Å². The quantitative estimate of drug-likeness (QED) is 0.853. The van der Waals surface area contributed by atoms with Gasteiger partial charge in [-0.2, -0.15) is 4.98 Å². The fourth-order valence-corrected chi connectivity index (χ4v) is 2.46. The van der Waals surface area contributed by atoms with Gasteiger partial charge in [0.1, 0.15) is 0 Å². The van der Waals surface area contributed by atoms with Crippen molar-refractivity contribution < 1.29 is 4.74 Å². The Kier molecular flexibility index (Phi) is 4.64. The summed E-state index contributed by atoms with van der Waals surface area (Å²) in [4.78, 5) is 8.75. The van der Waals surface area contributed by atoms with Gasteiger partial charge in [0.05, 0.1) is 6.61 Å². The summed E-state index contributed by atoms with van der Waals surface area (Å²) in [5.74, 6) is 1.30. The Bertz CT molecular complexity index is 392. The third-order valence-electron chi connectivity index (χ3n) is 3.11. The fraction of sp³-hybridized carbons (Fsp3) is 0.692. The first-order chi connectivity index (χ1) is 8.67. The third kappa shape index (κ3) is 3.73. The summed E-state index contributed by atoms with van der Waals surface area (Å²) in [5, 5.41) is 3.71. The van der Waals surface area contributed by atoms with Gasteiger partial charge in [0, 0.05) is 23.2 Å². The van der Waals surface area contributed by atoms with Crippen molar-refractivity contribution in [3.8, 4) is 5.88 Å². The lowest BCUT2D eigenvalue weighted by atomic mass is 9.95. The molecule has 5 heteroatoms. The van der Waals surface area contributed by atoms with E-state index >= 15 is 0 Å². The first-order valence-electron chi connectivity index (χ1n) is 6.56. The summed E-state index contributed by atoms with van der Waals surface area (Å²) in [7, 11) is 0. The molecule has 0 atom stereocenters. The molecule has 0 aromatic carbocycles. The Balaban J connectivity index is 2.00. The molecule has 1 aliphatic rings. The van der Waals surface area contributed by atoms with Crippen LogP contribution < -0.4 is 10.1 Å². The Morgan fingerprint density at radius 2 is 2.06 bits per heavy atom. The van der Waals surface area contributed by atoms with Crippen LogP contribution in [0.4, 0.5) is 5.95 Å². The molecule has 0 saturated heterocycles. The molecule has 1 saturated carbocycles. The second kappa shape index (κ2) is 6.23. The molecule has 0 radical (unpaired) electrons. The average Bonchev–Trinajstić information content (AvgIpc) is 2.32. The molecule has 1 aromatic heterocycles. The van der Waals surface area contributed by atoms with E-state index in [1.807, 2.05) is 19.9 Å². The molecule has 2 rings (SSSR count). The molecule has 1 N–H and O–H groups in total. The molecule has 4 nitrogen and oxygen atoms in total. The number of ether oxygens (including phenoxy) is 1. The highest BCUT2D eigenvalue weighted by atomic mass is 35.5. The first-order valence-corrected chi connectivity index (χ1v) is 7.00. The summed E-state index contributed by atoms with van der Waals surface area (Å²) in [6.07, 6.45) is 4.28. The lowest BCUT2D eigenvalue weighted by Gasteiger charge is -2.25. The monoisotopic (exact) mass is 269 g/mol. The normalized spacial score (nSPS) is 23.7. The van der Waals surface area contributed by atoms with Crippen molar-refractivity contribution in [3.63, 3.8) is 0 Å². The van der Waals surface area contributed by atoms with Gasteiger partial charge in [-0.15, -0.1) is 11.6 Å². The van der Waals surface area contributed by atoms with Crippen molar-refractivity contribution in [2.45, 2.75) is 50.9 Å². The van der Waals surface area contributed by atoms with Crippen LogP contribution in [0.15, 0.2) is 6.07 Å². The van der Waals surface area contributed by atoms with Crippen molar-refractivity contribution in [3.05, 3.63) is 11.8 Å². The minimum atomic E-state index is 0.334. The standard InChI is InChI=1S/C13H20ClN3O/c1-3-18-12-8-9(2)15-13(17-12)16-11-6-4-10(14)5-7-11/h8,10-11H,3-7H2,1-2H3,(H,15,16,17). The summed E-state index contributed by atoms with van der Waals surface area (Å²) < 4.78 is 5.42. The molecule has 100 valence electrons. The van der Waals surface area contributed by atoms with Crippen molar-refractivity contribution >= 4 is 17.5 Å². The van der Waals surface area contributed by atoms with Crippen molar-refractivity contribution in [2.75, 3.05) is 11.9 Å². The van der Waals surface area contributed by atoms with Crippen molar-refractivity contribution in [1.29, 1.82) is 0 Å². The van der Waals surface area contributed by atoms with Gasteiger partial charge in [-0.3, -0.25) is 0 Å². The van der Waals surface area contributed by atoms with Gasteiger partial charge >= 0.3 is 0 Å². The molecule has 1 aromatic rings. The van der Waals surface area contributed by atoms with Crippen LogP contribution in [0.3, 0.4) is 0 Å². The van der Waals surface area contributed by atoms with Gasteiger partial charge in [-0.05, 0) is 39.5 Å². The van der Waals surface area contributed by atoms with E-state index in [4.69, 9.17) is 16.3 Å². The van der Waals surface area contributed by atoms with Crippen molar-refractivity contribution in [2.24, 2.45) is 0 Å². The minimum absolute atomic E-state index is 0.334. The van der Waals surface area contributed by atoms with Gasteiger partial charge in [-0.1, -0.05) is 0 Å². The molecule has 0 bridgehead atoms. The van der Waals surface area contributed by atoms with Crippen LogP contribution in [-0.2, 0) is 0 Å². The summed E-state index contributed by atoms with van der Waals surface area (Å²) in [6, 6.07) is 2.28. The van der Waals surface area contributed by atoms with Crippen LogP contribution in [0.2, 0.25) is 0 Å². The molecule has 1 heterocycles. The Morgan fingerprint density at radius 1 is 1.33 bits per heavy atom. The smallest absolute Gasteiger partial charge is 0.226 e. The molecule has 18 heavy (non-hydrogen) atoms. The average molecular weight is 270 g/mol. The number of anilines is 1. The zero-order chi connectivity index (χ0) is 13.0. The maximum absolute atomic E-state index is 6.10. The number of aromatic nitrogens is 2. The molecule has 0 spiro atoms. The Hall–Kier alpha value is -1.03. The maximum atomic E-state index is 6.10. The highest BCUT2D eigenvalue weighted by Crippen LogP contribution is 2.25. The number of hydrogen-bond donors (Lipinski definition) is 1. The van der Waals surface area contributed by atoms with E-state index in [2.05, 4.69) is 15.3 Å². The number of halogens is 1. The lowest BCUT2D eigenvalue weighted by Crippen LogP contribution is -2.27. The first kappa shape index (κ1) is 13.4. The summed E-state index contributed by atoms with van der Waals surface area (Å²) in [5.41, 5.74) is 0.918. The topological polar surface area (TPSA) is 47.0 Å². The number of nitrogens with zero attached hydrogens (tertiary/aromatic N) is 2. The van der Waals surface area contributed by atoms with Crippen LogP contribution in [-0.4, -0.2) is 28.0 Å². The molecule has 0 amide bonds. The van der Waals surface area contributed by atoms with Gasteiger partial charge in [-0.25, -0.2) is 4.98 Å². The van der Waals surface area contributed by atoms with E-state index < -0.39 is 0 Å². The third-order valence-corrected chi connectivity index (χ3v) is 3.55.